The smallest absolute Gasteiger partial charge is 0.191 e. The van der Waals surface area contributed by atoms with Gasteiger partial charge < -0.3 is 20.7 Å². The SMILES string of the molecule is CCC(CC)(CNC(=NC)NCCCOC)NC(C)c1ccccc1.I. The number of nitrogens with zero attached hydrogens (tertiary/aromatic N) is 1. The highest BCUT2D eigenvalue weighted by molar-refractivity contribution is 14.0. The van der Waals surface area contributed by atoms with E-state index in [1.165, 1.54) is 5.56 Å². The summed E-state index contributed by atoms with van der Waals surface area (Å²) in [7, 11) is 3.54. The fraction of sp³-hybridized carbons (Fsp3) is 0.650. The number of nitrogens with one attached hydrogen (secondary N) is 3. The molecule has 0 saturated heterocycles. The number of hydrogen-bond acceptors (Lipinski definition) is 3. The van der Waals surface area contributed by atoms with Gasteiger partial charge in [0.2, 0.25) is 0 Å². The van der Waals surface area contributed by atoms with Crippen molar-refractivity contribution in [2.45, 2.75) is 51.6 Å². The fourth-order valence-corrected chi connectivity index (χ4v) is 2.94. The number of ether oxygens (including phenoxy) is 1. The van der Waals surface area contributed by atoms with Crippen LogP contribution in [0.1, 0.15) is 51.6 Å². The summed E-state index contributed by atoms with van der Waals surface area (Å²) in [6, 6.07) is 10.9. The molecule has 1 atom stereocenters. The first-order valence-electron chi connectivity index (χ1n) is 9.37. The molecule has 0 spiro atoms. The molecule has 1 aromatic carbocycles. The number of halogens is 1. The zero-order chi connectivity index (χ0) is 18.5. The van der Waals surface area contributed by atoms with Crippen LogP contribution in [0, 0.1) is 0 Å². The first-order chi connectivity index (χ1) is 12.1. The van der Waals surface area contributed by atoms with Gasteiger partial charge in [-0.1, -0.05) is 44.2 Å². The maximum absolute atomic E-state index is 5.08. The van der Waals surface area contributed by atoms with Crippen molar-refractivity contribution in [3.63, 3.8) is 0 Å². The van der Waals surface area contributed by atoms with Crippen LogP contribution in [0.4, 0.5) is 0 Å². The Morgan fingerprint density at radius 2 is 1.81 bits per heavy atom. The Labute approximate surface area is 176 Å². The highest BCUT2D eigenvalue weighted by Crippen LogP contribution is 2.21. The van der Waals surface area contributed by atoms with Crippen molar-refractivity contribution in [3.05, 3.63) is 35.9 Å². The molecule has 0 radical (unpaired) electrons. The molecule has 0 fully saturated rings. The summed E-state index contributed by atoms with van der Waals surface area (Å²) in [4.78, 5) is 4.32. The maximum atomic E-state index is 5.08. The average molecular weight is 476 g/mol. The minimum absolute atomic E-state index is 0. The number of rotatable bonds is 11. The zero-order valence-corrected chi connectivity index (χ0v) is 19.3. The number of benzene rings is 1. The van der Waals surface area contributed by atoms with E-state index in [2.05, 4.69) is 72.0 Å². The Kier molecular flexibility index (Phi) is 13.8. The molecule has 5 nitrogen and oxygen atoms in total. The molecular formula is C20H37IN4O. The van der Waals surface area contributed by atoms with Crippen LogP contribution in [-0.4, -0.2) is 45.4 Å². The van der Waals surface area contributed by atoms with E-state index in [1.54, 1.807) is 7.11 Å². The van der Waals surface area contributed by atoms with E-state index in [0.717, 1.165) is 44.9 Å². The molecule has 0 aliphatic heterocycles. The predicted molar refractivity (Wildman–Crippen MR) is 123 cm³/mol. The van der Waals surface area contributed by atoms with Crippen LogP contribution in [-0.2, 0) is 4.74 Å². The standard InChI is InChI=1S/C20H36N4O.HI/c1-6-20(7-2,24-17(3)18-12-9-8-10-13-18)16-23-19(21-4)22-14-11-15-25-5;/h8-10,12-13,17,24H,6-7,11,14-16H2,1-5H3,(H2,21,22,23);1H. The van der Waals surface area contributed by atoms with Crippen LogP contribution < -0.4 is 16.0 Å². The molecule has 0 amide bonds. The highest BCUT2D eigenvalue weighted by Gasteiger charge is 2.28. The maximum Gasteiger partial charge on any atom is 0.191 e. The van der Waals surface area contributed by atoms with Gasteiger partial charge >= 0.3 is 0 Å². The van der Waals surface area contributed by atoms with Gasteiger partial charge in [0.15, 0.2) is 5.96 Å². The summed E-state index contributed by atoms with van der Waals surface area (Å²) in [6.07, 6.45) is 3.07. The summed E-state index contributed by atoms with van der Waals surface area (Å²) in [5.74, 6) is 0.844. The minimum atomic E-state index is 0. The van der Waals surface area contributed by atoms with Crippen molar-refractivity contribution in [1.82, 2.24) is 16.0 Å². The van der Waals surface area contributed by atoms with Crippen LogP contribution in [0.2, 0.25) is 0 Å². The van der Waals surface area contributed by atoms with E-state index >= 15 is 0 Å². The second-order valence-electron chi connectivity index (χ2n) is 6.46. The molecule has 3 N–H and O–H groups in total. The predicted octanol–water partition coefficient (Wildman–Crippen LogP) is 3.72. The first kappa shape index (κ1) is 25.1. The summed E-state index contributed by atoms with van der Waals surface area (Å²) in [5.41, 5.74) is 1.34. The van der Waals surface area contributed by atoms with Gasteiger partial charge in [-0.3, -0.25) is 4.99 Å². The van der Waals surface area contributed by atoms with Crippen molar-refractivity contribution in [1.29, 1.82) is 0 Å². The van der Waals surface area contributed by atoms with E-state index in [-0.39, 0.29) is 29.5 Å². The molecule has 0 bridgehead atoms. The third-order valence-corrected chi connectivity index (χ3v) is 4.81. The van der Waals surface area contributed by atoms with Gasteiger partial charge in [-0.15, -0.1) is 24.0 Å². The summed E-state index contributed by atoms with van der Waals surface area (Å²) < 4.78 is 5.08. The molecular weight excluding hydrogens is 439 g/mol. The van der Waals surface area contributed by atoms with Crippen molar-refractivity contribution >= 4 is 29.9 Å². The van der Waals surface area contributed by atoms with Crippen molar-refractivity contribution in [2.24, 2.45) is 4.99 Å². The number of guanidine groups is 1. The molecule has 0 aliphatic carbocycles. The fourth-order valence-electron chi connectivity index (χ4n) is 2.94. The van der Waals surface area contributed by atoms with Gasteiger partial charge in [-0.2, -0.15) is 0 Å². The summed E-state index contributed by atoms with van der Waals surface area (Å²) >= 11 is 0. The normalized spacial score (nSPS) is 13.0. The van der Waals surface area contributed by atoms with Crippen LogP contribution in [0.3, 0.4) is 0 Å². The van der Waals surface area contributed by atoms with E-state index in [9.17, 15) is 0 Å². The Hall–Kier alpha value is -0.860. The number of hydrogen-bond donors (Lipinski definition) is 3. The summed E-state index contributed by atoms with van der Waals surface area (Å²) in [6.45, 7) is 9.16. The molecule has 1 rings (SSSR count). The Morgan fingerprint density at radius 1 is 1.15 bits per heavy atom. The van der Waals surface area contributed by atoms with E-state index in [1.807, 2.05) is 7.05 Å². The highest BCUT2D eigenvalue weighted by atomic mass is 127. The van der Waals surface area contributed by atoms with Gasteiger partial charge in [0.1, 0.15) is 0 Å². The Balaban J connectivity index is 0.00000625. The lowest BCUT2D eigenvalue weighted by Gasteiger charge is -2.37. The number of aliphatic imine (C=N–C) groups is 1. The summed E-state index contributed by atoms with van der Waals surface area (Å²) in [5, 5.41) is 10.7. The second-order valence-corrected chi connectivity index (χ2v) is 6.46. The minimum Gasteiger partial charge on any atom is -0.385 e. The average Bonchev–Trinajstić information content (AvgIpc) is 2.67. The van der Waals surface area contributed by atoms with E-state index in [0.29, 0.717) is 6.04 Å². The Morgan fingerprint density at radius 3 is 2.35 bits per heavy atom. The van der Waals surface area contributed by atoms with Crippen molar-refractivity contribution in [3.8, 4) is 0 Å². The molecule has 0 aliphatic rings. The lowest BCUT2D eigenvalue weighted by Crippen LogP contribution is -2.55. The molecule has 26 heavy (non-hydrogen) atoms. The zero-order valence-electron chi connectivity index (χ0n) is 17.0. The molecule has 0 heterocycles. The van der Waals surface area contributed by atoms with Gasteiger partial charge in [0.05, 0.1) is 0 Å². The number of methoxy groups -OCH3 is 1. The van der Waals surface area contributed by atoms with Crippen LogP contribution in [0.5, 0.6) is 0 Å². The molecule has 6 heteroatoms. The van der Waals surface area contributed by atoms with Crippen LogP contribution in [0.25, 0.3) is 0 Å². The molecule has 1 unspecified atom stereocenters. The lowest BCUT2D eigenvalue weighted by molar-refractivity contribution is 0.195. The molecule has 0 saturated carbocycles. The van der Waals surface area contributed by atoms with E-state index < -0.39 is 0 Å². The molecule has 1 aromatic rings. The lowest BCUT2D eigenvalue weighted by atomic mass is 9.90. The third-order valence-electron chi connectivity index (χ3n) is 4.81. The van der Waals surface area contributed by atoms with Gasteiger partial charge in [-0.05, 0) is 31.7 Å². The first-order valence-corrected chi connectivity index (χ1v) is 9.37. The van der Waals surface area contributed by atoms with Gasteiger partial charge in [0.25, 0.3) is 0 Å². The monoisotopic (exact) mass is 476 g/mol. The van der Waals surface area contributed by atoms with Crippen molar-refractivity contribution in [2.75, 3.05) is 33.9 Å². The molecule has 150 valence electrons. The van der Waals surface area contributed by atoms with Crippen LogP contribution >= 0.6 is 24.0 Å². The molecule has 0 aromatic heterocycles. The van der Waals surface area contributed by atoms with Crippen molar-refractivity contribution < 1.29 is 4.74 Å². The largest absolute Gasteiger partial charge is 0.385 e. The topological polar surface area (TPSA) is 57.7 Å². The van der Waals surface area contributed by atoms with E-state index in [4.69, 9.17) is 4.74 Å². The Bertz CT molecular complexity index is 492. The quantitative estimate of drug-likeness (QED) is 0.197. The second kappa shape index (κ2) is 14.2. The van der Waals surface area contributed by atoms with Crippen LogP contribution in [0.15, 0.2) is 35.3 Å². The van der Waals surface area contributed by atoms with Gasteiger partial charge in [-0.25, -0.2) is 0 Å². The van der Waals surface area contributed by atoms with Gasteiger partial charge in [0, 0.05) is 45.4 Å². The third kappa shape index (κ3) is 8.68.